The predicted octanol–water partition coefficient (Wildman–Crippen LogP) is 0.589. The van der Waals surface area contributed by atoms with Crippen LogP contribution in [0.15, 0.2) is 18.2 Å². The van der Waals surface area contributed by atoms with Crippen LogP contribution in [-0.2, 0) is 4.79 Å². The molecule has 0 spiro atoms. The van der Waals surface area contributed by atoms with E-state index in [1.165, 1.54) is 0 Å². The van der Waals surface area contributed by atoms with Crippen molar-refractivity contribution >= 4 is 17.3 Å². The molecule has 5 nitrogen and oxygen atoms in total. The van der Waals surface area contributed by atoms with E-state index in [-0.39, 0.29) is 11.8 Å². The van der Waals surface area contributed by atoms with Crippen molar-refractivity contribution in [3.05, 3.63) is 18.2 Å². The Morgan fingerprint density at radius 3 is 2.82 bits per heavy atom. The van der Waals surface area contributed by atoms with Crippen LogP contribution in [0, 0.1) is 5.92 Å². The number of carbonyl (C=O) groups is 1. The van der Waals surface area contributed by atoms with E-state index in [1.54, 1.807) is 13.2 Å². The van der Waals surface area contributed by atoms with Gasteiger partial charge in [0.05, 0.1) is 13.0 Å². The highest BCUT2D eigenvalue weighted by atomic mass is 16.5. The van der Waals surface area contributed by atoms with Crippen molar-refractivity contribution in [2.24, 2.45) is 11.7 Å². The first-order valence-electron chi connectivity index (χ1n) is 5.59. The van der Waals surface area contributed by atoms with Gasteiger partial charge in [-0.05, 0) is 12.5 Å². The monoisotopic (exact) mass is 235 g/mol. The molecule has 2 rings (SSSR count). The molecule has 1 fully saturated rings. The van der Waals surface area contributed by atoms with Crippen LogP contribution < -0.4 is 21.1 Å². The van der Waals surface area contributed by atoms with Crippen molar-refractivity contribution < 1.29 is 9.53 Å². The molecule has 1 aromatic rings. The Kier molecular flexibility index (Phi) is 3.08. The number of primary amides is 1. The zero-order valence-corrected chi connectivity index (χ0v) is 9.85. The highest BCUT2D eigenvalue weighted by Gasteiger charge is 2.26. The molecule has 1 unspecified atom stereocenters. The molecule has 1 aliphatic heterocycles. The Bertz CT molecular complexity index is 434. The lowest BCUT2D eigenvalue weighted by Crippen LogP contribution is -2.27. The van der Waals surface area contributed by atoms with Gasteiger partial charge in [0.1, 0.15) is 5.75 Å². The van der Waals surface area contributed by atoms with Crippen LogP contribution >= 0.6 is 0 Å². The SMILES string of the molecule is COc1cc(N)cc(N2CCC(C(N)=O)C2)c1. The van der Waals surface area contributed by atoms with Gasteiger partial charge in [0.2, 0.25) is 5.91 Å². The number of benzene rings is 1. The summed E-state index contributed by atoms with van der Waals surface area (Å²) in [6.07, 6.45) is 0.798. The largest absolute Gasteiger partial charge is 0.497 e. The van der Waals surface area contributed by atoms with Gasteiger partial charge in [-0.1, -0.05) is 0 Å². The average molecular weight is 235 g/mol. The number of hydrogen-bond donors (Lipinski definition) is 2. The summed E-state index contributed by atoms with van der Waals surface area (Å²) in [4.78, 5) is 13.2. The van der Waals surface area contributed by atoms with E-state index in [2.05, 4.69) is 4.90 Å². The molecule has 1 amide bonds. The molecule has 1 aromatic carbocycles. The fourth-order valence-corrected chi connectivity index (χ4v) is 2.13. The molecular weight excluding hydrogens is 218 g/mol. The number of nitrogen functional groups attached to an aromatic ring is 1. The molecule has 1 saturated heterocycles. The summed E-state index contributed by atoms with van der Waals surface area (Å²) in [5.41, 5.74) is 12.7. The van der Waals surface area contributed by atoms with Crippen molar-refractivity contribution in [2.45, 2.75) is 6.42 Å². The molecule has 0 radical (unpaired) electrons. The number of nitrogens with zero attached hydrogens (tertiary/aromatic N) is 1. The minimum Gasteiger partial charge on any atom is -0.497 e. The second kappa shape index (κ2) is 4.53. The Morgan fingerprint density at radius 1 is 1.47 bits per heavy atom. The van der Waals surface area contributed by atoms with E-state index >= 15 is 0 Å². The van der Waals surface area contributed by atoms with Gasteiger partial charge < -0.3 is 21.1 Å². The molecular formula is C12H17N3O2. The summed E-state index contributed by atoms with van der Waals surface area (Å²) in [6.45, 7) is 1.47. The van der Waals surface area contributed by atoms with Gasteiger partial charge in [0.15, 0.2) is 0 Å². The van der Waals surface area contributed by atoms with Gasteiger partial charge in [-0.15, -0.1) is 0 Å². The molecule has 1 aliphatic rings. The molecule has 0 bridgehead atoms. The number of amides is 1. The summed E-state index contributed by atoms with van der Waals surface area (Å²) >= 11 is 0. The minimum absolute atomic E-state index is 0.0672. The van der Waals surface area contributed by atoms with Gasteiger partial charge in [-0.2, -0.15) is 0 Å². The smallest absolute Gasteiger partial charge is 0.222 e. The third-order valence-corrected chi connectivity index (χ3v) is 3.11. The fourth-order valence-electron chi connectivity index (χ4n) is 2.13. The number of ether oxygens (including phenoxy) is 1. The zero-order valence-electron chi connectivity index (χ0n) is 9.85. The third-order valence-electron chi connectivity index (χ3n) is 3.11. The Balaban J connectivity index is 2.18. The lowest BCUT2D eigenvalue weighted by Gasteiger charge is -2.19. The van der Waals surface area contributed by atoms with Crippen LogP contribution in [0.3, 0.4) is 0 Å². The second-order valence-corrected chi connectivity index (χ2v) is 4.30. The summed E-state index contributed by atoms with van der Waals surface area (Å²) in [5, 5.41) is 0. The Labute approximate surface area is 100 Å². The van der Waals surface area contributed by atoms with E-state index < -0.39 is 0 Å². The summed E-state index contributed by atoms with van der Waals surface area (Å²) in [5.74, 6) is 0.424. The van der Waals surface area contributed by atoms with E-state index in [0.29, 0.717) is 12.2 Å². The number of hydrogen-bond acceptors (Lipinski definition) is 4. The van der Waals surface area contributed by atoms with Crippen LogP contribution in [0.2, 0.25) is 0 Å². The van der Waals surface area contributed by atoms with Gasteiger partial charge in [-0.3, -0.25) is 4.79 Å². The number of anilines is 2. The van der Waals surface area contributed by atoms with Crippen LogP contribution in [0.25, 0.3) is 0 Å². The first-order chi connectivity index (χ1) is 8.10. The third kappa shape index (κ3) is 2.43. The molecule has 17 heavy (non-hydrogen) atoms. The normalized spacial score (nSPS) is 19.4. The molecule has 0 aliphatic carbocycles. The summed E-state index contributed by atoms with van der Waals surface area (Å²) < 4.78 is 5.17. The van der Waals surface area contributed by atoms with Crippen molar-refractivity contribution in [1.82, 2.24) is 0 Å². The van der Waals surface area contributed by atoms with Crippen LogP contribution in [-0.4, -0.2) is 26.1 Å². The first-order valence-corrected chi connectivity index (χ1v) is 5.59. The maximum absolute atomic E-state index is 11.1. The van der Waals surface area contributed by atoms with Crippen molar-refractivity contribution in [2.75, 3.05) is 30.8 Å². The quantitative estimate of drug-likeness (QED) is 0.751. The van der Waals surface area contributed by atoms with E-state index in [1.807, 2.05) is 12.1 Å². The van der Waals surface area contributed by atoms with E-state index in [0.717, 1.165) is 24.4 Å². The number of rotatable bonds is 3. The average Bonchev–Trinajstić information content (AvgIpc) is 2.77. The minimum atomic E-state index is -0.233. The molecule has 1 heterocycles. The highest BCUT2D eigenvalue weighted by Crippen LogP contribution is 2.29. The molecule has 92 valence electrons. The van der Waals surface area contributed by atoms with Gasteiger partial charge in [-0.25, -0.2) is 0 Å². The first kappa shape index (κ1) is 11.6. The maximum Gasteiger partial charge on any atom is 0.222 e. The molecule has 1 atom stereocenters. The van der Waals surface area contributed by atoms with Crippen molar-refractivity contribution in [3.63, 3.8) is 0 Å². The highest BCUT2D eigenvalue weighted by molar-refractivity contribution is 5.78. The number of carbonyl (C=O) groups excluding carboxylic acids is 1. The van der Waals surface area contributed by atoms with E-state index in [4.69, 9.17) is 16.2 Å². The van der Waals surface area contributed by atoms with Gasteiger partial charge in [0, 0.05) is 36.6 Å². The van der Waals surface area contributed by atoms with Gasteiger partial charge >= 0.3 is 0 Å². The van der Waals surface area contributed by atoms with Crippen LogP contribution in [0.1, 0.15) is 6.42 Å². The molecule has 4 N–H and O–H groups in total. The standard InChI is InChI=1S/C12H17N3O2/c1-17-11-5-9(13)4-10(6-11)15-3-2-8(7-15)12(14)16/h4-6,8H,2-3,7,13H2,1H3,(H2,14,16). The fraction of sp³-hybridized carbons (Fsp3) is 0.417. The predicted molar refractivity (Wildman–Crippen MR) is 66.9 cm³/mol. The van der Waals surface area contributed by atoms with E-state index in [9.17, 15) is 4.79 Å². The van der Waals surface area contributed by atoms with Gasteiger partial charge in [0.25, 0.3) is 0 Å². The molecule has 5 heteroatoms. The zero-order chi connectivity index (χ0) is 12.4. The second-order valence-electron chi connectivity index (χ2n) is 4.30. The lowest BCUT2D eigenvalue weighted by atomic mass is 10.1. The Hall–Kier alpha value is -1.91. The number of methoxy groups -OCH3 is 1. The Morgan fingerprint density at radius 2 is 2.24 bits per heavy atom. The summed E-state index contributed by atoms with van der Waals surface area (Å²) in [6, 6.07) is 5.57. The maximum atomic E-state index is 11.1. The lowest BCUT2D eigenvalue weighted by molar-refractivity contribution is -0.121. The van der Waals surface area contributed by atoms with Crippen molar-refractivity contribution in [3.8, 4) is 5.75 Å². The topological polar surface area (TPSA) is 81.6 Å². The summed E-state index contributed by atoms with van der Waals surface area (Å²) in [7, 11) is 1.61. The van der Waals surface area contributed by atoms with Crippen LogP contribution in [0.4, 0.5) is 11.4 Å². The molecule has 0 aromatic heterocycles. The van der Waals surface area contributed by atoms with Crippen molar-refractivity contribution in [1.29, 1.82) is 0 Å². The molecule has 0 saturated carbocycles. The van der Waals surface area contributed by atoms with Crippen LogP contribution in [0.5, 0.6) is 5.75 Å². The number of nitrogens with two attached hydrogens (primary N) is 2.